The van der Waals surface area contributed by atoms with E-state index < -0.39 is 0 Å². The first-order valence-electron chi connectivity index (χ1n) is 9.30. The van der Waals surface area contributed by atoms with Crippen LogP contribution in [-0.2, 0) is 20.5 Å². The minimum atomic E-state index is 0.244. The molecule has 2 heteroatoms. The molecule has 3 aromatic rings. The third-order valence-electron chi connectivity index (χ3n) is 4.91. The van der Waals surface area contributed by atoms with Gasteiger partial charge >= 0.3 is 0 Å². The first-order chi connectivity index (χ1) is 12.3. The SMILES string of the molecule is Cc1c(-c2cccc[n+]2C)ccc(CC(C)(C)C)c1-c1cccc[n+]1C. The fourth-order valence-electron chi connectivity index (χ4n) is 3.71. The average molecular weight is 347 g/mol. The fourth-order valence-corrected chi connectivity index (χ4v) is 3.71. The normalized spacial score (nSPS) is 11.6. The Labute approximate surface area is 157 Å². The highest BCUT2D eigenvalue weighted by atomic mass is 14.9. The number of rotatable bonds is 3. The minimum absolute atomic E-state index is 0.244. The van der Waals surface area contributed by atoms with E-state index in [1.165, 1.54) is 33.6 Å². The first-order valence-corrected chi connectivity index (χ1v) is 9.30. The molecule has 0 spiro atoms. The summed E-state index contributed by atoms with van der Waals surface area (Å²) in [5.41, 5.74) is 8.17. The maximum Gasteiger partial charge on any atom is 0.212 e. The lowest BCUT2D eigenvalue weighted by atomic mass is 9.83. The summed E-state index contributed by atoms with van der Waals surface area (Å²) in [5, 5.41) is 0. The molecule has 3 rings (SSSR count). The van der Waals surface area contributed by atoms with Crippen molar-refractivity contribution in [3.05, 3.63) is 72.1 Å². The second-order valence-electron chi connectivity index (χ2n) is 8.40. The molecule has 2 aromatic heterocycles. The van der Waals surface area contributed by atoms with E-state index in [0.29, 0.717) is 0 Å². The van der Waals surface area contributed by atoms with Gasteiger partial charge in [-0.15, -0.1) is 0 Å². The van der Waals surface area contributed by atoms with E-state index in [-0.39, 0.29) is 5.41 Å². The molecule has 0 aliphatic heterocycles. The molecule has 1 aromatic carbocycles. The Morgan fingerprint density at radius 2 is 1.35 bits per heavy atom. The molecule has 0 saturated carbocycles. The smallest absolute Gasteiger partial charge is 0.201 e. The highest BCUT2D eigenvalue weighted by Crippen LogP contribution is 2.35. The highest BCUT2D eigenvalue weighted by molar-refractivity contribution is 5.76. The topological polar surface area (TPSA) is 7.76 Å². The molecule has 2 heterocycles. The predicted molar refractivity (Wildman–Crippen MR) is 108 cm³/mol. The third-order valence-corrected chi connectivity index (χ3v) is 4.91. The van der Waals surface area contributed by atoms with Gasteiger partial charge in [-0.25, -0.2) is 9.13 Å². The maximum absolute atomic E-state index is 2.32. The van der Waals surface area contributed by atoms with Crippen LogP contribution in [0.15, 0.2) is 60.9 Å². The summed E-state index contributed by atoms with van der Waals surface area (Å²) in [6.45, 7) is 9.18. The molecule has 0 radical (unpaired) electrons. The largest absolute Gasteiger partial charge is 0.212 e. The zero-order valence-electron chi connectivity index (χ0n) is 16.9. The summed E-state index contributed by atoms with van der Waals surface area (Å²) >= 11 is 0. The summed E-state index contributed by atoms with van der Waals surface area (Å²) < 4.78 is 4.42. The van der Waals surface area contributed by atoms with Crippen LogP contribution in [0.3, 0.4) is 0 Å². The molecule has 0 aliphatic rings. The van der Waals surface area contributed by atoms with Crippen molar-refractivity contribution in [2.45, 2.75) is 34.1 Å². The van der Waals surface area contributed by atoms with Gasteiger partial charge in [0.1, 0.15) is 14.1 Å². The zero-order valence-corrected chi connectivity index (χ0v) is 16.9. The van der Waals surface area contributed by atoms with Crippen molar-refractivity contribution in [1.29, 1.82) is 0 Å². The van der Waals surface area contributed by atoms with E-state index >= 15 is 0 Å². The molecule has 26 heavy (non-hydrogen) atoms. The molecule has 0 aliphatic carbocycles. The summed E-state index contributed by atoms with van der Waals surface area (Å²) in [6, 6.07) is 17.4. The fraction of sp³-hybridized carbons (Fsp3) is 0.333. The van der Waals surface area contributed by atoms with E-state index in [1.54, 1.807) is 0 Å². The number of nitrogens with zero attached hydrogens (tertiary/aromatic N) is 2. The minimum Gasteiger partial charge on any atom is -0.201 e. The van der Waals surface area contributed by atoms with Gasteiger partial charge < -0.3 is 0 Å². The summed E-state index contributed by atoms with van der Waals surface area (Å²) in [5.74, 6) is 0. The van der Waals surface area contributed by atoms with Crippen molar-refractivity contribution >= 4 is 0 Å². The molecule has 0 unspecified atom stereocenters. The maximum atomic E-state index is 2.32. The second-order valence-corrected chi connectivity index (χ2v) is 8.40. The Hall–Kier alpha value is -2.48. The lowest BCUT2D eigenvalue weighted by Crippen LogP contribution is -2.32. The van der Waals surface area contributed by atoms with Gasteiger partial charge in [0.05, 0.1) is 5.56 Å². The standard InChI is InChI=1S/C24H30N2/c1-18-20(21-11-7-9-15-25(21)5)14-13-19(17-24(2,3)4)23(18)22-12-8-10-16-26(22)6/h7-16H,17H2,1-6H3/q+2. The Morgan fingerprint density at radius 1 is 0.769 bits per heavy atom. The number of aromatic nitrogens is 2. The third kappa shape index (κ3) is 3.70. The Bertz CT molecular complexity index is 933. The molecule has 0 amide bonds. The van der Waals surface area contributed by atoms with Crippen molar-refractivity contribution in [3.63, 3.8) is 0 Å². The monoisotopic (exact) mass is 346 g/mol. The van der Waals surface area contributed by atoms with E-state index in [4.69, 9.17) is 0 Å². The van der Waals surface area contributed by atoms with Crippen molar-refractivity contribution in [3.8, 4) is 22.5 Å². The summed E-state index contributed by atoms with van der Waals surface area (Å²) in [6.07, 6.45) is 5.30. The van der Waals surface area contributed by atoms with Gasteiger partial charge in [0.25, 0.3) is 0 Å². The molecule has 0 N–H and O–H groups in total. The van der Waals surface area contributed by atoms with Crippen LogP contribution in [0.5, 0.6) is 0 Å². The molecule has 0 saturated heterocycles. The Balaban J connectivity index is 2.29. The van der Waals surface area contributed by atoms with Crippen LogP contribution < -0.4 is 9.13 Å². The van der Waals surface area contributed by atoms with Crippen LogP contribution in [0.25, 0.3) is 22.5 Å². The molecule has 2 nitrogen and oxygen atoms in total. The molecule has 0 fully saturated rings. The Kier molecular flexibility index (Phi) is 4.95. The van der Waals surface area contributed by atoms with Gasteiger partial charge in [-0.1, -0.05) is 26.8 Å². The molecule has 0 atom stereocenters. The van der Waals surface area contributed by atoms with Gasteiger partial charge in [-0.2, -0.15) is 0 Å². The highest BCUT2D eigenvalue weighted by Gasteiger charge is 2.24. The van der Waals surface area contributed by atoms with Crippen LogP contribution in [-0.4, -0.2) is 0 Å². The van der Waals surface area contributed by atoms with Gasteiger partial charge in [-0.05, 0) is 48.1 Å². The molecular weight excluding hydrogens is 316 g/mol. The molecular formula is C24H30N2+2. The Morgan fingerprint density at radius 3 is 1.88 bits per heavy atom. The number of aryl methyl sites for hydroxylation is 2. The number of hydrogen-bond acceptors (Lipinski definition) is 0. The number of benzene rings is 1. The summed E-state index contributed by atoms with van der Waals surface area (Å²) in [7, 11) is 4.24. The first kappa shape index (κ1) is 18.3. The van der Waals surface area contributed by atoms with E-state index in [9.17, 15) is 0 Å². The van der Waals surface area contributed by atoms with Crippen molar-refractivity contribution in [1.82, 2.24) is 0 Å². The van der Waals surface area contributed by atoms with Gasteiger partial charge in [-0.3, -0.25) is 0 Å². The van der Waals surface area contributed by atoms with E-state index in [0.717, 1.165) is 6.42 Å². The van der Waals surface area contributed by atoms with E-state index in [2.05, 4.69) is 112 Å². The summed E-state index contributed by atoms with van der Waals surface area (Å²) in [4.78, 5) is 0. The van der Waals surface area contributed by atoms with Crippen LogP contribution in [0.1, 0.15) is 31.9 Å². The van der Waals surface area contributed by atoms with Crippen LogP contribution in [0.4, 0.5) is 0 Å². The van der Waals surface area contributed by atoms with E-state index in [1.807, 2.05) is 0 Å². The number of hydrogen-bond donors (Lipinski definition) is 0. The lowest BCUT2D eigenvalue weighted by molar-refractivity contribution is -0.660. The van der Waals surface area contributed by atoms with Crippen molar-refractivity contribution < 1.29 is 9.13 Å². The molecule has 134 valence electrons. The second kappa shape index (κ2) is 7.03. The molecule has 0 bridgehead atoms. The van der Waals surface area contributed by atoms with Crippen LogP contribution in [0, 0.1) is 12.3 Å². The van der Waals surface area contributed by atoms with Crippen LogP contribution in [0.2, 0.25) is 0 Å². The lowest BCUT2D eigenvalue weighted by Gasteiger charge is -2.22. The van der Waals surface area contributed by atoms with Gasteiger partial charge in [0.2, 0.25) is 11.4 Å². The van der Waals surface area contributed by atoms with Gasteiger partial charge in [0, 0.05) is 29.8 Å². The zero-order chi connectivity index (χ0) is 18.9. The van der Waals surface area contributed by atoms with Crippen LogP contribution >= 0.6 is 0 Å². The number of pyridine rings is 2. The average Bonchev–Trinajstić information content (AvgIpc) is 2.56. The van der Waals surface area contributed by atoms with Crippen molar-refractivity contribution in [2.24, 2.45) is 19.5 Å². The quantitative estimate of drug-likeness (QED) is 0.614. The van der Waals surface area contributed by atoms with Crippen molar-refractivity contribution in [2.75, 3.05) is 0 Å². The predicted octanol–water partition coefficient (Wildman–Crippen LogP) is 4.57. The van der Waals surface area contributed by atoms with Gasteiger partial charge in [0.15, 0.2) is 12.4 Å².